The van der Waals surface area contributed by atoms with E-state index in [0.29, 0.717) is 10.7 Å². The van der Waals surface area contributed by atoms with Gasteiger partial charge in [0, 0.05) is 16.4 Å². The van der Waals surface area contributed by atoms with Gasteiger partial charge in [0.2, 0.25) is 11.8 Å². The van der Waals surface area contributed by atoms with Crippen molar-refractivity contribution in [3.8, 4) is 0 Å². The molecule has 0 saturated carbocycles. The van der Waals surface area contributed by atoms with Gasteiger partial charge in [-0.2, -0.15) is 0 Å². The summed E-state index contributed by atoms with van der Waals surface area (Å²) in [5.74, 6) is 0.132. The lowest BCUT2D eigenvalue weighted by Gasteiger charge is -2.09. The molecular formula is C18H19ClN2O2S. The van der Waals surface area contributed by atoms with Crippen LogP contribution in [0.2, 0.25) is 5.02 Å². The van der Waals surface area contributed by atoms with Crippen molar-refractivity contribution in [2.24, 2.45) is 0 Å². The van der Waals surface area contributed by atoms with Gasteiger partial charge in [-0.3, -0.25) is 9.59 Å². The summed E-state index contributed by atoms with van der Waals surface area (Å²) in [7, 11) is 0. The monoisotopic (exact) mass is 362 g/mol. The van der Waals surface area contributed by atoms with Crippen LogP contribution in [0.1, 0.15) is 11.1 Å². The van der Waals surface area contributed by atoms with E-state index >= 15 is 0 Å². The Hall–Kier alpha value is -1.98. The van der Waals surface area contributed by atoms with Gasteiger partial charge in [0.05, 0.1) is 11.5 Å². The summed E-state index contributed by atoms with van der Waals surface area (Å²) in [4.78, 5) is 23.8. The molecule has 0 saturated heterocycles. The number of rotatable bonds is 6. The lowest BCUT2D eigenvalue weighted by atomic mass is 10.2. The number of amides is 2. The lowest BCUT2D eigenvalue weighted by Crippen LogP contribution is -2.18. The molecule has 0 fully saturated rings. The molecule has 0 aromatic heterocycles. The first kappa shape index (κ1) is 18.4. The molecule has 2 rings (SSSR count). The summed E-state index contributed by atoms with van der Waals surface area (Å²) >= 11 is 7.19. The molecule has 24 heavy (non-hydrogen) atoms. The number of benzene rings is 2. The van der Waals surface area contributed by atoms with Gasteiger partial charge in [-0.25, -0.2) is 0 Å². The number of aryl methyl sites for hydroxylation is 2. The molecule has 126 valence electrons. The van der Waals surface area contributed by atoms with E-state index in [2.05, 4.69) is 10.6 Å². The van der Waals surface area contributed by atoms with Gasteiger partial charge < -0.3 is 10.6 Å². The second-order valence-corrected chi connectivity index (χ2v) is 6.84. The predicted octanol–water partition coefficient (Wildman–Crippen LogP) is 4.27. The van der Waals surface area contributed by atoms with E-state index in [4.69, 9.17) is 11.6 Å². The zero-order valence-electron chi connectivity index (χ0n) is 13.6. The van der Waals surface area contributed by atoms with E-state index in [-0.39, 0.29) is 23.3 Å². The lowest BCUT2D eigenvalue weighted by molar-refractivity contribution is -0.114. The van der Waals surface area contributed by atoms with E-state index in [0.717, 1.165) is 16.8 Å². The summed E-state index contributed by atoms with van der Waals surface area (Å²) in [5.41, 5.74) is 3.52. The highest BCUT2D eigenvalue weighted by Crippen LogP contribution is 2.20. The van der Waals surface area contributed by atoms with Crippen LogP contribution in [-0.4, -0.2) is 23.3 Å². The smallest absolute Gasteiger partial charge is 0.234 e. The highest BCUT2D eigenvalue weighted by Gasteiger charge is 2.08. The average Bonchev–Trinajstić information content (AvgIpc) is 2.53. The number of carbonyl (C=O) groups excluding carboxylic acids is 2. The van der Waals surface area contributed by atoms with E-state index in [1.165, 1.54) is 11.8 Å². The second kappa shape index (κ2) is 8.76. The molecule has 0 aliphatic heterocycles. The van der Waals surface area contributed by atoms with Crippen molar-refractivity contribution in [2.75, 3.05) is 22.1 Å². The summed E-state index contributed by atoms with van der Waals surface area (Å²) in [6, 6.07) is 12.9. The Balaban J connectivity index is 1.75. The average molecular weight is 363 g/mol. The fourth-order valence-corrected chi connectivity index (χ4v) is 2.77. The Labute approximate surface area is 151 Å². The fourth-order valence-electron chi connectivity index (χ4n) is 1.99. The predicted molar refractivity (Wildman–Crippen MR) is 102 cm³/mol. The Morgan fingerprint density at radius 2 is 1.58 bits per heavy atom. The summed E-state index contributed by atoms with van der Waals surface area (Å²) in [6.07, 6.45) is 0. The minimum absolute atomic E-state index is 0.129. The molecule has 4 nitrogen and oxygen atoms in total. The van der Waals surface area contributed by atoms with E-state index in [9.17, 15) is 9.59 Å². The van der Waals surface area contributed by atoms with Gasteiger partial charge in [0.15, 0.2) is 0 Å². The zero-order chi connectivity index (χ0) is 17.5. The maximum Gasteiger partial charge on any atom is 0.234 e. The van der Waals surface area contributed by atoms with Crippen LogP contribution in [0, 0.1) is 13.8 Å². The Kier molecular flexibility index (Phi) is 6.70. The van der Waals surface area contributed by atoms with Gasteiger partial charge in [0.1, 0.15) is 0 Å². The molecule has 6 heteroatoms. The fraction of sp³-hybridized carbons (Fsp3) is 0.222. The molecule has 2 N–H and O–H groups in total. The van der Waals surface area contributed by atoms with Gasteiger partial charge in [-0.05, 0) is 43.7 Å². The van der Waals surface area contributed by atoms with Gasteiger partial charge in [-0.15, -0.1) is 11.8 Å². The molecule has 0 radical (unpaired) electrons. The Morgan fingerprint density at radius 3 is 2.25 bits per heavy atom. The van der Waals surface area contributed by atoms with Gasteiger partial charge in [0.25, 0.3) is 0 Å². The minimum Gasteiger partial charge on any atom is -0.325 e. The van der Waals surface area contributed by atoms with Crippen LogP contribution in [0.4, 0.5) is 11.4 Å². The van der Waals surface area contributed by atoms with Crippen LogP contribution in [0.25, 0.3) is 0 Å². The Morgan fingerprint density at radius 1 is 0.958 bits per heavy atom. The number of thioether (sulfide) groups is 1. The number of halogens is 1. The molecule has 2 aromatic rings. The van der Waals surface area contributed by atoms with E-state index < -0.39 is 0 Å². The molecular weight excluding hydrogens is 344 g/mol. The van der Waals surface area contributed by atoms with Crippen LogP contribution >= 0.6 is 23.4 Å². The first-order chi connectivity index (χ1) is 11.4. The Bertz CT molecular complexity index is 732. The topological polar surface area (TPSA) is 58.2 Å². The number of anilines is 2. The first-order valence-corrected chi connectivity index (χ1v) is 8.97. The molecule has 0 aliphatic rings. The SMILES string of the molecule is Cc1ccc(NC(=O)CSCC(=O)Nc2cc(Cl)ccc2C)cc1. The molecule has 2 aromatic carbocycles. The van der Waals surface area contributed by atoms with Crippen LogP contribution in [0.15, 0.2) is 42.5 Å². The number of hydrogen-bond acceptors (Lipinski definition) is 3. The summed E-state index contributed by atoms with van der Waals surface area (Å²) in [6.45, 7) is 3.88. The van der Waals surface area contributed by atoms with Gasteiger partial charge >= 0.3 is 0 Å². The van der Waals surface area contributed by atoms with Crippen LogP contribution in [-0.2, 0) is 9.59 Å². The van der Waals surface area contributed by atoms with Crippen LogP contribution in [0.3, 0.4) is 0 Å². The van der Waals surface area contributed by atoms with E-state index in [1.807, 2.05) is 44.2 Å². The third-order valence-corrected chi connectivity index (χ3v) is 4.44. The standard InChI is InChI=1S/C18H19ClN2O2S/c1-12-3-7-15(8-4-12)20-17(22)10-24-11-18(23)21-16-9-14(19)6-5-13(16)2/h3-9H,10-11H2,1-2H3,(H,20,22)(H,21,23). The minimum atomic E-state index is -0.159. The number of carbonyl (C=O) groups is 2. The second-order valence-electron chi connectivity index (χ2n) is 5.41. The van der Waals surface area contributed by atoms with Crippen LogP contribution in [0.5, 0.6) is 0 Å². The van der Waals surface area contributed by atoms with Crippen molar-refractivity contribution in [1.29, 1.82) is 0 Å². The van der Waals surface area contributed by atoms with Crippen molar-refractivity contribution >= 4 is 46.6 Å². The number of hydrogen-bond donors (Lipinski definition) is 2. The maximum atomic E-state index is 11.9. The molecule has 0 spiro atoms. The largest absolute Gasteiger partial charge is 0.325 e. The third kappa shape index (κ3) is 5.91. The quantitative estimate of drug-likeness (QED) is 0.806. The molecule has 0 bridgehead atoms. The molecule has 0 unspecified atom stereocenters. The summed E-state index contributed by atoms with van der Waals surface area (Å²) in [5, 5.41) is 6.18. The molecule has 2 amide bonds. The summed E-state index contributed by atoms with van der Waals surface area (Å²) < 4.78 is 0. The van der Waals surface area contributed by atoms with Crippen molar-refractivity contribution in [2.45, 2.75) is 13.8 Å². The van der Waals surface area contributed by atoms with Crippen LogP contribution < -0.4 is 10.6 Å². The van der Waals surface area contributed by atoms with Crippen molar-refractivity contribution < 1.29 is 9.59 Å². The normalized spacial score (nSPS) is 10.3. The third-order valence-electron chi connectivity index (χ3n) is 3.28. The first-order valence-electron chi connectivity index (χ1n) is 7.44. The van der Waals surface area contributed by atoms with Gasteiger partial charge in [-0.1, -0.05) is 35.4 Å². The highest BCUT2D eigenvalue weighted by molar-refractivity contribution is 8.00. The molecule has 0 atom stereocenters. The highest BCUT2D eigenvalue weighted by atomic mass is 35.5. The zero-order valence-corrected chi connectivity index (χ0v) is 15.1. The van der Waals surface area contributed by atoms with E-state index in [1.54, 1.807) is 12.1 Å². The maximum absolute atomic E-state index is 11.9. The van der Waals surface area contributed by atoms with Crippen molar-refractivity contribution in [3.63, 3.8) is 0 Å². The molecule has 0 aliphatic carbocycles. The van der Waals surface area contributed by atoms with Crippen molar-refractivity contribution in [3.05, 3.63) is 58.6 Å². The van der Waals surface area contributed by atoms with Crippen molar-refractivity contribution in [1.82, 2.24) is 0 Å². The molecule has 0 heterocycles. The number of nitrogens with one attached hydrogen (secondary N) is 2.